The Labute approximate surface area is 130 Å². The fourth-order valence-corrected chi connectivity index (χ4v) is 2.80. The molecule has 0 aliphatic carbocycles. The monoisotopic (exact) mass is 292 g/mol. The summed E-state index contributed by atoms with van der Waals surface area (Å²) in [6.07, 6.45) is 1.92. The molecule has 0 aliphatic rings. The van der Waals surface area contributed by atoms with Crippen LogP contribution in [-0.2, 0) is 13.6 Å². The average molecular weight is 292 g/mol. The molecule has 0 saturated heterocycles. The van der Waals surface area contributed by atoms with Crippen molar-refractivity contribution in [3.05, 3.63) is 70.6 Å². The first-order valence-corrected chi connectivity index (χ1v) is 7.38. The van der Waals surface area contributed by atoms with Gasteiger partial charge in [0.2, 0.25) is 0 Å². The van der Waals surface area contributed by atoms with Gasteiger partial charge < -0.3 is 9.47 Å². The molecule has 112 valence electrons. The van der Waals surface area contributed by atoms with Gasteiger partial charge in [-0.3, -0.25) is 4.79 Å². The topological polar surface area (TPSA) is 25.2 Å². The summed E-state index contributed by atoms with van der Waals surface area (Å²) in [5, 5.41) is 1.77. The zero-order valence-electron chi connectivity index (χ0n) is 13.2. The van der Waals surface area contributed by atoms with Gasteiger partial charge in [-0.15, -0.1) is 0 Å². The van der Waals surface area contributed by atoms with Crippen LogP contribution in [0.5, 0.6) is 0 Å². The maximum absolute atomic E-state index is 12.2. The number of aromatic nitrogens is 1. The van der Waals surface area contributed by atoms with Crippen molar-refractivity contribution in [1.82, 2.24) is 9.47 Å². The van der Waals surface area contributed by atoms with E-state index in [9.17, 15) is 4.79 Å². The highest BCUT2D eigenvalue weighted by Crippen LogP contribution is 2.26. The molecule has 0 saturated carbocycles. The van der Waals surface area contributed by atoms with Gasteiger partial charge in [0, 0.05) is 30.7 Å². The quantitative estimate of drug-likeness (QED) is 0.740. The van der Waals surface area contributed by atoms with E-state index in [0.29, 0.717) is 0 Å². The smallest absolute Gasteiger partial charge is 0.258 e. The molecule has 3 rings (SSSR count). The van der Waals surface area contributed by atoms with E-state index < -0.39 is 0 Å². The second-order valence-electron chi connectivity index (χ2n) is 5.94. The van der Waals surface area contributed by atoms with Crippen LogP contribution >= 0.6 is 0 Å². The molecule has 0 radical (unpaired) electrons. The fourth-order valence-electron chi connectivity index (χ4n) is 2.80. The molecule has 3 heteroatoms. The summed E-state index contributed by atoms with van der Waals surface area (Å²) in [6, 6.07) is 16.3. The minimum Gasteiger partial charge on any atom is -0.317 e. The summed E-state index contributed by atoms with van der Waals surface area (Å²) in [6.45, 7) is 0.925. The first-order valence-electron chi connectivity index (χ1n) is 7.38. The van der Waals surface area contributed by atoms with Crippen LogP contribution in [0.15, 0.2) is 59.5 Å². The third kappa shape index (κ3) is 2.68. The molecule has 0 bridgehead atoms. The van der Waals surface area contributed by atoms with Crippen LogP contribution in [0.3, 0.4) is 0 Å². The van der Waals surface area contributed by atoms with Crippen molar-refractivity contribution in [3.63, 3.8) is 0 Å². The van der Waals surface area contributed by atoms with Gasteiger partial charge in [0.15, 0.2) is 0 Å². The number of nitrogens with zero attached hydrogens (tertiary/aromatic N) is 2. The van der Waals surface area contributed by atoms with Crippen LogP contribution in [0.4, 0.5) is 0 Å². The lowest BCUT2D eigenvalue weighted by atomic mass is 9.99. The van der Waals surface area contributed by atoms with E-state index in [1.165, 1.54) is 5.56 Å². The molecule has 0 spiro atoms. The van der Waals surface area contributed by atoms with Gasteiger partial charge in [-0.1, -0.05) is 42.5 Å². The van der Waals surface area contributed by atoms with Crippen LogP contribution in [-0.4, -0.2) is 23.6 Å². The van der Waals surface area contributed by atoms with Crippen molar-refractivity contribution < 1.29 is 0 Å². The molecule has 3 nitrogen and oxygen atoms in total. The molecule has 1 heterocycles. The molecule has 2 aromatic carbocycles. The summed E-state index contributed by atoms with van der Waals surface area (Å²) in [5.74, 6) is 0. The number of hydrogen-bond acceptors (Lipinski definition) is 2. The summed E-state index contributed by atoms with van der Waals surface area (Å²) < 4.78 is 1.66. The van der Waals surface area contributed by atoms with Crippen molar-refractivity contribution in [2.75, 3.05) is 14.1 Å². The predicted octanol–water partition coefficient (Wildman–Crippen LogP) is 3.27. The Balaban J connectivity index is 2.14. The van der Waals surface area contributed by atoms with Crippen LogP contribution in [0.2, 0.25) is 0 Å². The van der Waals surface area contributed by atoms with E-state index in [1.54, 1.807) is 11.6 Å². The Morgan fingerprint density at radius 3 is 2.23 bits per heavy atom. The molecule has 0 N–H and O–H groups in total. The summed E-state index contributed by atoms with van der Waals surface area (Å²) >= 11 is 0. The maximum Gasteiger partial charge on any atom is 0.258 e. The number of hydrogen-bond donors (Lipinski definition) is 0. The Morgan fingerprint density at radius 2 is 1.59 bits per heavy atom. The lowest BCUT2D eigenvalue weighted by Crippen LogP contribution is -2.16. The van der Waals surface area contributed by atoms with Gasteiger partial charge in [-0.05, 0) is 36.7 Å². The van der Waals surface area contributed by atoms with Crippen LogP contribution < -0.4 is 5.56 Å². The SMILES string of the molecule is CN(C)Cc1ccc(-c2cn(C)c(=O)c3ccccc23)cc1. The normalized spacial score (nSPS) is 11.3. The number of rotatable bonds is 3. The van der Waals surface area contributed by atoms with Gasteiger partial charge in [0.25, 0.3) is 5.56 Å². The molecule has 0 atom stereocenters. The third-order valence-corrected chi connectivity index (χ3v) is 3.85. The summed E-state index contributed by atoms with van der Waals surface area (Å²) in [5.41, 5.74) is 3.55. The first-order chi connectivity index (χ1) is 10.6. The molecule has 3 aromatic rings. The lowest BCUT2D eigenvalue weighted by Gasteiger charge is -2.12. The van der Waals surface area contributed by atoms with E-state index >= 15 is 0 Å². The molecule has 1 aromatic heterocycles. The number of aryl methyl sites for hydroxylation is 1. The van der Waals surface area contributed by atoms with E-state index in [0.717, 1.165) is 28.4 Å². The number of benzene rings is 2. The molecule has 22 heavy (non-hydrogen) atoms. The molecule has 0 amide bonds. The minimum atomic E-state index is 0.0450. The van der Waals surface area contributed by atoms with Crippen molar-refractivity contribution >= 4 is 10.8 Å². The van der Waals surface area contributed by atoms with E-state index in [4.69, 9.17) is 0 Å². The largest absolute Gasteiger partial charge is 0.317 e. The van der Waals surface area contributed by atoms with Gasteiger partial charge in [0.05, 0.1) is 0 Å². The first kappa shape index (κ1) is 14.5. The average Bonchev–Trinajstić information content (AvgIpc) is 2.51. The highest BCUT2D eigenvalue weighted by molar-refractivity contribution is 5.95. The number of fused-ring (bicyclic) bond motifs is 1. The number of pyridine rings is 1. The highest BCUT2D eigenvalue weighted by Gasteiger charge is 2.08. The molecule has 0 fully saturated rings. The second kappa shape index (κ2) is 5.78. The molecular formula is C19H20N2O. The van der Waals surface area contributed by atoms with Crippen molar-refractivity contribution in [2.45, 2.75) is 6.54 Å². The predicted molar refractivity (Wildman–Crippen MR) is 92.0 cm³/mol. The maximum atomic E-state index is 12.2. The lowest BCUT2D eigenvalue weighted by molar-refractivity contribution is 0.402. The highest BCUT2D eigenvalue weighted by atomic mass is 16.1. The van der Waals surface area contributed by atoms with Gasteiger partial charge in [0.1, 0.15) is 0 Å². The Bertz CT molecular complexity index is 861. The Hall–Kier alpha value is -2.39. The van der Waals surface area contributed by atoms with Crippen LogP contribution in [0.1, 0.15) is 5.56 Å². The zero-order valence-corrected chi connectivity index (χ0v) is 13.2. The summed E-state index contributed by atoms with van der Waals surface area (Å²) in [7, 11) is 5.93. The van der Waals surface area contributed by atoms with Gasteiger partial charge in [-0.25, -0.2) is 0 Å². The molecule has 0 unspecified atom stereocenters. The summed E-state index contributed by atoms with van der Waals surface area (Å²) in [4.78, 5) is 14.4. The van der Waals surface area contributed by atoms with Crippen LogP contribution in [0, 0.1) is 0 Å². The fraction of sp³-hybridized carbons (Fsp3) is 0.211. The van der Waals surface area contributed by atoms with E-state index in [2.05, 4.69) is 43.3 Å². The van der Waals surface area contributed by atoms with E-state index in [-0.39, 0.29) is 5.56 Å². The van der Waals surface area contributed by atoms with Gasteiger partial charge >= 0.3 is 0 Å². The second-order valence-corrected chi connectivity index (χ2v) is 5.94. The third-order valence-electron chi connectivity index (χ3n) is 3.85. The standard InChI is InChI=1S/C19H20N2O/c1-20(2)12-14-8-10-15(11-9-14)18-13-21(3)19(22)17-7-5-4-6-16(17)18/h4-11,13H,12H2,1-3H3. The van der Waals surface area contributed by atoms with Gasteiger partial charge in [-0.2, -0.15) is 0 Å². The molecular weight excluding hydrogens is 272 g/mol. The Kier molecular flexibility index (Phi) is 3.82. The van der Waals surface area contributed by atoms with Crippen molar-refractivity contribution in [1.29, 1.82) is 0 Å². The zero-order chi connectivity index (χ0) is 15.7. The Morgan fingerprint density at radius 1 is 0.955 bits per heavy atom. The molecule has 0 aliphatic heterocycles. The van der Waals surface area contributed by atoms with Crippen molar-refractivity contribution in [2.24, 2.45) is 7.05 Å². The minimum absolute atomic E-state index is 0.0450. The van der Waals surface area contributed by atoms with Crippen LogP contribution in [0.25, 0.3) is 21.9 Å². The van der Waals surface area contributed by atoms with Crippen molar-refractivity contribution in [3.8, 4) is 11.1 Å². The van der Waals surface area contributed by atoms with E-state index in [1.807, 2.05) is 30.5 Å².